The van der Waals surface area contributed by atoms with Crippen LogP contribution in [0.4, 0.5) is 17.3 Å². The first-order valence-corrected chi connectivity index (χ1v) is 6.12. The number of hydrogen-bond donors (Lipinski definition) is 2. The zero-order chi connectivity index (χ0) is 13.8. The summed E-state index contributed by atoms with van der Waals surface area (Å²) in [5.74, 6) is 1.54. The highest BCUT2D eigenvalue weighted by Gasteiger charge is 2.05. The van der Waals surface area contributed by atoms with Gasteiger partial charge in [0.25, 0.3) is 0 Å². The standard InChI is InChI=1S/C13H15ClN4O/c1-8-3-4-9(14)5-10(8)16-12-6-11(15)17-13(18-12)7-19-2/h3-6H,7H2,1-2H3,(H3,15,16,17,18). The van der Waals surface area contributed by atoms with E-state index in [-0.39, 0.29) is 0 Å². The number of benzene rings is 1. The van der Waals surface area contributed by atoms with Crippen LogP contribution in [0.5, 0.6) is 0 Å². The summed E-state index contributed by atoms with van der Waals surface area (Å²) in [6.45, 7) is 2.30. The lowest BCUT2D eigenvalue weighted by molar-refractivity contribution is 0.178. The van der Waals surface area contributed by atoms with Gasteiger partial charge in [0.1, 0.15) is 18.2 Å². The molecule has 19 heavy (non-hydrogen) atoms. The largest absolute Gasteiger partial charge is 0.384 e. The number of nitrogen functional groups attached to an aromatic ring is 1. The van der Waals surface area contributed by atoms with E-state index in [1.165, 1.54) is 0 Å². The topological polar surface area (TPSA) is 73.1 Å². The fraction of sp³-hybridized carbons (Fsp3) is 0.231. The third-order valence-electron chi connectivity index (χ3n) is 2.53. The molecule has 0 saturated carbocycles. The van der Waals surface area contributed by atoms with Gasteiger partial charge in [-0.3, -0.25) is 0 Å². The number of ether oxygens (including phenoxy) is 1. The minimum Gasteiger partial charge on any atom is -0.384 e. The number of rotatable bonds is 4. The number of hydrogen-bond acceptors (Lipinski definition) is 5. The molecule has 0 bridgehead atoms. The van der Waals surface area contributed by atoms with Gasteiger partial charge in [0.05, 0.1) is 0 Å². The van der Waals surface area contributed by atoms with E-state index in [0.717, 1.165) is 11.3 Å². The molecular weight excluding hydrogens is 264 g/mol. The van der Waals surface area contributed by atoms with Gasteiger partial charge in [-0.1, -0.05) is 17.7 Å². The molecule has 3 N–H and O–H groups in total. The molecular formula is C13H15ClN4O. The van der Waals surface area contributed by atoms with Crippen LogP contribution in [0.15, 0.2) is 24.3 Å². The Hall–Kier alpha value is -1.85. The molecule has 0 amide bonds. The van der Waals surface area contributed by atoms with Gasteiger partial charge in [-0.2, -0.15) is 0 Å². The predicted octanol–water partition coefficient (Wildman–Crippen LogP) is 2.91. The van der Waals surface area contributed by atoms with Crippen molar-refractivity contribution < 1.29 is 4.74 Å². The maximum atomic E-state index is 5.98. The Morgan fingerprint density at radius 1 is 1.32 bits per heavy atom. The summed E-state index contributed by atoms with van der Waals surface area (Å²) in [4.78, 5) is 8.40. The zero-order valence-corrected chi connectivity index (χ0v) is 11.5. The van der Waals surface area contributed by atoms with E-state index < -0.39 is 0 Å². The fourth-order valence-electron chi connectivity index (χ4n) is 1.64. The number of nitrogens with two attached hydrogens (primary N) is 1. The molecule has 0 aliphatic heterocycles. The highest BCUT2D eigenvalue weighted by atomic mass is 35.5. The number of nitrogens with zero attached hydrogens (tertiary/aromatic N) is 2. The number of anilines is 3. The van der Waals surface area contributed by atoms with Crippen LogP contribution in [-0.2, 0) is 11.3 Å². The zero-order valence-electron chi connectivity index (χ0n) is 10.8. The van der Waals surface area contributed by atoms with Crippen molar-refractivity contribution in [1.29, 1.82) is 0 Å². The summed E-state index contributed by atoms with van der Waals surface area (Å²) in [5.41, 5.74) is 7.69. The van der Waals surface area contributed by atoms with Crippen molar-refractivity contribution in [2.24, 2.45) is 0 Å². The summed E-state index contributed by atoms with van der Waals surface area (Å²) in [7, 11) is 1.58. The van der Waals surface area contributed by atoms with Crippen LogP contribution in [0.1, 0.15) is 11.4 Å². The van der Waals surface area contributed by atoms with Crippen molar-refractivity contribution in [3.63, 3.8) is 0 Å². The first kappa shape index (κ1) is 13.6. The molecule has 0 aliphatic rings. The maximum absolute atomic E-state index is 5.98. The molecule has 0 aliphatic carbocycles. The summed E-state index contributed by atoms with van der Waals surface area (Å²) >= 11 is 5.98. The summed E-state index contributed by atoms with van der Waals surface area (Å²) in [6, 6.07) is 7.28. The molecule has 0 spiro atoms. The van der Waals surface area contributed by atoms with Gasteiger partial charge in [-0.15, -0.1) is 0 Å². The van der Waals surface area contributed by atoms with Gasteiger partial charge in [0.2, 0.25) is 0 Å². The van der Waals surface area contributed by atoms with E-state index in [0.29, 0.717) is 29.1 Å². The van der Waals surface area contributed by atoms with Crippen molar-refractivity contribution in [2.45, 2.75) is 13.5 Å². The van der Waals surface area contributed by atoms with Crippen molar-refractivity contribution in [3.05, 3.63) is 40.7 Å². The Morgan fingerprint density at radius 2 is 2.11 bits per heavy atom. The second-order valence-electron chi connectivity index (χ2n) is 4.11. The second-order valence-corrected chi connectivity index (χ2v) is 4.55. The summed E-state index contributed by atoms with van der Waals surface area (Å²) < 4.78 is 5.00. The highest BCUT2D eigenvalue weighted by Crippen LogP contribution is 2.23. The summed E-state index contributed by atoms with van der Waals surface area (Å²) in [6.07, 6.45) is 0. The van der Waals surface area contributed by atoms with E-state index in [1.54, 1.807) is 13.2 Å². The van der Waals surface area contributed by atoms with Crippen LogP contribution < -0.4 is 11.1 Å². The van der Waals surface area contributed by atoms with Crippen LogP contribution in [0.3, 0.4) is 0 Å². The minimum absolute atomic E-state index is 0.314. The molecule has 0 atom stereocenters. The van der Waals surface area contributed by atoms with Crippen molar-refractivity contribution in [1.82, 2.24) is 9.97 Å². The van der Waals surface area contributed by atoms with Crippen LogP contribution in [-0.4, -0.2) is 17.1 Å². The fourth-order valence-corrected chi connectivity index (χ4v) is 1.81. The van der Waals surface area contributed by atoms with Gasteiger partial charge in [0, 0.05) is 23.9 Å². The number of aryl methyl sites for hydroxylation is 1. The average Bonchev–Trinajstić information content (AvgIpc) is 2.33. The third-order valence-corrected chi connectivity index (χ3v) is 2.76. The highest BCUT2D eigenvalue weighted by molar-refractivity contribution is 6.30. The van der Waals surface area contributed by atoms with Crippen molar-refractivity contribution in [3.8, 4) is 0 Å². The number of aromatic nitrogens is 2. The lowest BCUT2D eigenvalue weighted by Crippen LogP contribution is -2.04. The molecule has 0 fully saturated rings. The second kappa shape index (κ2) is 5.86. The molecule has 1 aromatic carbocycles. The Labute approximate surface area is 116 Å². The predicted molar refractivity (Wildman–Crippen MR) is 76.6 cm³/mol. The van der Waals surface area contributed by atoms with Crippen molar-refractivity contribution >= 4 is 28.9 Å². The number of methoxy groups -OCH3 is 1. The molecule has 5 nitrogen and oxygen atoms in total. The molecule has 1 aromatic heterocycles. The molecule has 100 valence electrons. The molecule has 0 radical (unpaired) electrons. The van der Waals surface area contributed by atoms with Gasteiger partial charge in [-0.05, 0) is 24.6 Å². The quantitative estimate of drug-likeness (QED) is 0.900. The Kier molecular flexibility index (Phi) is 4.19. The molecule has 6 heteroatoms. The molecule has 0 unspecified atom stereocenters. The minimum atomic E-state index is 0.314. The Bertz CT molecular complexity index is 589. The smallest absolute Gasteiger partial charge is 0.158 e. The molecule has 1 heterocycles. The third kappa shape index (κ3) is 3.56. The summed E-state index contributed by atoms with van der Waals surface area (Å²) in [5, 5.41) is 3.84. The van der Waals surface area contributed by atoms with Gasteiger partial charge >= 0.3 is 0 Å². The van der Waals surface area contributed by atoms with E-state index in [2.05, 4.69) is 15.3 Å². The van der Waals surface area contributed by atoms with E-state index in [9.17, 15) is 0 Å². The molecule has 2 aromatic rings. The lowest BCUT2D eigenvalue weighted by atomic mass is 10.2. The van der Waals surface area contributed by atoms with E-state index >= 15 is 0 Å². The maximum Gasteiger partial charge on any atom is 0.158 e. The van der Waals surface area contributed by atoms with Crippen LogP contribution in [0.25, 0.3) is 0 Å². The first-order chi connectivity index (χ1) is 9.08. The van der Waals surface area contributed by atoms with Crippen LogP contribution in [0, 0.1) is 6.92 Å². The Morgan fingerprint density at radius 3 is 2.84 bits per heavy atom. The normalized spacial score (nSPS) is 10.5. The first-order valence-electron chi connectivity index (χ1n) is 5.74. The lowest BCUT2D eigenvalue weighted by Gasteiger charge is -2.10. The number of nitrogens with one attached hydrogen (secondary N) is 1. The molecule has 0 saturated heterocycles. The molecule has 2 rings (SSSR count). The van der Waals surface area contributed by atoms with Crippen molar-refractivity contribution in [2.75, 3.05) is 18.2 Å². The van der Waals surface area contributed by atoms with Crippen LogP contribution in [0.2, 0.25) is 5.02 Å². The SMILES string of the molecule is COCc1nc(N)cc(Nc2cc(Cl)ccc2C)n1. The van der Waals surface area contributed by atoms with E-state index in [1.807, 2.05) is 25.1 Å². The van der Waals surface area contributed by atoms with E-state index in [4.69, 9.17) is 22.1 Å². The van der Waals surface area contributed by atoms with Gasteiger partial charge in [0.15, 0.2) is 5.82 Å². The number of halogens is 1. The monoisotopic (exact) mass is 278 g/mol. The van der Waals surface area contributed by atoms with Crippen LogP contribution >= 0.6 is 11.6 Å². The Balaban J connectivity index is 2.29. The van der Waals surface area contributed by atoms with Gasteiger partial charge < -0.3 is 15.8 Å². The average molecular weight is 279 g/mol. The van der Waals surface area contributed by atoms with Gasteiger partial charge in [-0.25, -0.2) is 9.97 Å².